The van der Waals surface area contributed by atoms with Gasteiger partial charge in [0, 0.05) is 34.4 Å². The van der Waals surface area contributed by atoms with Crippen LogP contribution in [0.15, 0.2) is 60.0 Å². The van der Waals surface area contributed by atoms with Gasteiger partial charge in [0.15, 0.2) is 0 Å². The van der Waals surface area contributed by atoms with E-state index in [9.17, 15) is 0 Å². The second-order valence-electron chi connectivity index (χ2n) is 11.1. The molecule has 0 spiro atoms. The zero-order valence-corrected chi connectivity index (χ0v) is 24.5. The minimum absolute atomic E-state index is 0.357. The van der Waals surface area contributed by atoms with Gasteiger partial charge in [-0.25, -0.2) is 0 Å². The van der Waals surface area contributed by atoms with Crippen LogP contribution in [-0.4, -0.2) is 24.0 Å². The zero-order chi connectivity index (χ0) is 26.7. The standard InChI is InChI=1S/C33H48N4S/c1-4-5-6-10-22-37(23-27-12-8-7-9-13-27)26(3)28-14-11-15-31(35-21-20-28)33-32(36-34)30(24-38-33)29-18-16-25(2)17-19-29/h7-9,12-13,16-19,24,26,28,31,35-36H,4-6,10-11,14-15,20-23,34H2,1-3H3. The number of hydrogen-bond acceptors (Lipinski definition) is 5. The number of hydrazine groups is 1. The van der Waals surface area contributed by atoms with E-state index in [4.69, 9.17) is 5.84 Å². The largest absolute Gasteiger partial charge is 0.322 e. The van der Waals surface area contributed by atoms with Gasteiger partial charge in [-0.3, -0.25) is 10.7 Å². The number of anilines is 1. The van der Waals surface area contributed by atoms with E-state index >= 15 is 0 Å². The van der Waals surface area contributed by atoms with Crippen molar-refractivity contribution in [3.8, 4) is 11.1 Å². The summed E-state index contributed by atoms with van der Waals surface area (Å²) in [5, 5.41) is 6.18. The Labute approximate surface area is 235 Å². The van der Waals surface area contributed by atoms with E-state index in [1.54, 1.807) is 0 Å². The molecule has 1 aromatic heterocycles. The predicted octanol–water partition coefficient (Wildman–Crippen LogP) is 8.30. The van der Waals surface area contributed by atoms with Crippen molar-refractivity contribution in [2.45, 2.75) is 90.8 Å². The summed E-state index contributed by atoms with van der Waals surface area (Å²) in [4.78, 5) is 4.11. The monoisotopic (exact) mass is 532 g/mol. The van der Waals surface area contributed by atoms with E-state index < -0.39 is 0 Å². The van der Waals surface area contributed by atoms with Crippen molar-refractivity contribution < 1.29 is 0 Å². The molecule has 0 radical (unpaired) electrons. The summed E-state index contributed by atoms with van der Waals surface area (Å²) in [5.74, 6) is 6.80. The highest BCUT2D eigenvalue weighted by Gasteiger charge is 2.27. The van der Waals surface area contributed by atoms with Crippen LogP contribution in [0.1, 0.15) is 87.3 Å². The first kappa shape index (κ1) is 28.8. The smallest absolute Gasteiger partial charge is 0.0719 e. The molecule has 38 heavy (non-hydrogen) atoms. The number of aryl methyl sites for hydroxylation is 1. The van der Waals surface area contributed by atoms with E-state index in [-0.39, 0.29) is 0 Å². The van der Waals surface area contributed by atoms with Crippen LogP contribution in [0, 0.1) is 12.8 Å². The van der Waals surface area contributed by atoms with Crippen LogP contribution in [-0.2, 0) is 6.54 Å². The maximum absolute atomic E-state index is 6.08. The molecule has 0 bridgehead atoms. The molecule has 5 heteroatoms. The summed E-state index contributed by atoms with van der Waals surface area (Å²) >= 11 is 1.84. The van der Waals surface area contributed by atoms with Crippen molar-refractivity contribution in [3.05, 3.63) is 76.0 Å². The average Bonchev–Trinajstić information content (AvgIpc) is 3.35. The molecule has 2 heterocycles. The fourth-order valence-electron chi connectivity index (χ4n) is 5.99. The van der Waals surface area contributed by atoms with Gasteiger partial charge in [-0.2, -0.15) is 0 Å². The van der Waals surface area contributed by atoms with Gasteiger partial charge in [0.05, 0.1) is 5.69 Å². The summed E-state index contributed by atoms with van der Waals surface area (Å²) in [5.41, 5.74) is 9.28. The number of nitrogens with zero attached hydrogens (tertiary/aromatic N) is 1. The number of hydrogen-bond donors (Lipinski definition) is 3. The molecular weight excluding hydrogens is 484 g/mol. The van der Waals surface area contributed by atoms with Gasteiger partial charge in [-0.05, 0) is 69.7 Å². The molecule has 1 saturated heterocycles. The van der Waals surface area contributed by atoms with Crippen molar-refractivity contribution in [3.63, 3.8) is 0 Å². The first-order chi connectivity index (χ1) is 18.6. The highest BCUT2D eigenvalue weighted by Crippen LogP contribution is 2.41. The molecule has 3 unspecified atom stereocenters. The Kier molecular flexibility index (Phi) is 11.2. The lowest BCUT2D eigenvalue weighted by Crippen LogP contribution is -2.41. The van der Waals surface area contributed by atoms with Crippen LogP contribution in [0.2, 0.25) is 0 Å². The Morgan fingerprint density at radius 1 is 1.03 bits per heavy atom. The second kappa shape index (κ2) is 14.8. The van der Waals surface area contributed by atoms with Crippen molar-refractivity contribution in [2.75, 3.05) is 18.5 Å². The van der Waals surface area contributed by atoms with Gasteiger partial charge in [-0.15, -0.1) is 11.3 Å². The normalized spacial score (nSPS) is 19.2. The number of benzene rings is 2. The molecule has 0 amide bonds. The third-order valence-electron chi connectivity index (χ3n) is 8.40. The minimum atomic E-state index is 0.357. The Morgan fingerprint density at radius 2 is 1.82 bits per heavy atom. The van der Waals surface area contributed by atoms with E-state index in [1.165, 1.54) is 78.6 Å². The summed E-state index contributed by atoms with van der Waals surface area (Å²) in [7, 11) is 0. The molecule has 3 aromatic rings. The average molecular weight is 533 g/mol. The number of unbranched alkanes of at least 4 members (excludes halogenated alkanes) is 3. The topological polar surface area (TPSA) is 53.3 Å². The molecule has 206 valence electrons. The lowest BCUT2D eigenvalue weighted by Gasteiger charge is -2.37. The maximum atomic E-state index is 6.08. The van der Waals surface area contributed by atoms with Gasteiger partial charge in [0.25, 0.3) is 0 Å². The molecule has 4 rings (SSSR count). The van der Waals surface area contributed by atoms with Gasteiger partial charge in [0.1, 0.15) is 0 Å². The van der Waals surface area contributed by atoms with Crippen molar-refractivity contribution >= 4 is 17.0 Å². The van der Waals surface area contributed by atoms with E-state index in [0.717, 1.165) is 31.1 Å². The van der Waals surface area contributed by atoms with Gasteiger partial charge in [0.2, 0.25) is 0 Å². The molecule has 1 aliphatic rings. The number of nitrogens with one attached hydrogen (secondary N) is 2. The van der Waals surface area contributed by atoms with E-state index in [0.29, 0.717) is 12.1 Å². The van der Waals surface area contributed by atoms with E-state index in [1.807, 2.05) is 11.3 Å². The van der Waals surface area contributed by atoms with Crippen LogP contribution in [0.5, 0.6) is 0 Å². The van der Waals surface area contributed by atoms with Crippen LogP contribution in [0.3, 0.4) is 0 Å². The highest BCUT2D eigenvalue weighted by atomic mass is 32.1. The molecule has 3 atom stereocenters. The third-order valence-corrected chi connectivity index (χ3v) is 9.50. The lowest BCUT2D eigenvalue weighted by atomic mass is 9.87. The Hall–Kier alpha value is -2.18. The third kappa shape index (κ3) is 7.69. The molecule has 1 aliphatic heterocycles. The second-order valence-corrected chi connectivity index (χ2v) is 12.1. The summed E-state index contributed by atoms with van der Waals surface area (Å²) in [6.45, 7) is 10.2. The maximum Gasteiger partial charge on any atom is 0.0719 e. The Morgan fingerprint density at radius 3 is 2.55 bits per heavy atom. The first-order valence-corrected chi connectivity index (χ1v) is 15.6. The summed E-state index contributed by atoms with van der Waals surface area (Å²) in [6.07, 6.45) is 10.2. The molecule has 0 saturated carbocycles. The molecule has 4 nitrogen and oxygen atoms in total. The fourth-order valence-corrected chi connectivity index (χ4v) is 7.14. The molecule has 4 N–H and O–H groups in total. The summed E-state index contributed by atoms with van der Waals surface area (Å²) in [6, 6.07) is 20.7. The van der Waals surface area contributed by atoms with Crippen LogP contribution in [0.25, 0.3) is 11.1 Å². The highest BCUT2D eigenvalue weighted by molar-refractivity contribution is 7.11. The minimum Gasteiger partial charge on any atom is -0.322 e. The van der Waals surface area contributed by atoms with Crippen LogP contribution in [0.4, 0.5) is 5.69 Å². The van der Waals surface area contributed by atoms with Gasteiger partial charge in [-0.1, -0.05) is 92.8 Å². The van der Waals surface area contributed by atoms with Crippen molar-refractivity contribution in [1.82, 2.24) is 10.2 Å². The van der Waals surface area contributed by atoms with Crippen molar-refractivity contribution in [2.24, 2.45) is 11.8 Å². The first-order valence-electron chi connectivity index (χ1n) is 14.8. The Bertz CT molecular complexity index is 1070. The SMILES string of the molecule is CCCCCCN(Cc1ccccc1)C(C)C1CCCC(c2scc(-c3ccc(C)cc3)c2NN)NCC1. The van der Waals surface area contributed by atoms with Gasteiger partial charge < -0.3 is 10.7 Å². The quantitative estimate of drug-likeness (QED) is 0.125. The van der Waals surface area contributed by atoms with Crippen LogP contribution < -0.4 is 16.6 Å². The fraction of sp³-hybridized carbons (Fsp3) is 0.515. The number of rotatable bonds is 12. The molecule has 1 fully saturated rings. The van der Waals surface area contributed by atoms with E-state index in [2.05, 4.69) is 96.4 Å². The number of thiophene rings is 1. The molecular formula is C33H48N4S. The lowest BCUT2D eigenvalue weighted by molar-refractivity contribution is 0.125. The van der Waals surface area contributed by atoms with Gasteiger partial charge >= 0.3 is 0 Å². The zero-order valence-electron chi connectivity index (χ0n) is 23.7. The predicted molar refractivity (Wildman–Crippen MR) is 165 cm³/mol. The summed E-state index contributed by atoms with van der Waals surface area (Å²) < 4.78 is 0. The number of nitrogens with two attached hydrogens (primary N) is 1. The van der Waals surface area contributed by atoms with Crippen LogP contribution >= 0.6 is 11.3 Å². The Balaban J connectivity index is 1.39. The molecule has 2 aromatic carbocycles. The molecule has 0 aliphatic carbocycles. The number of nitrogen functional groups attached to an aromatic ring is 1. The van der Waals surface area contributed by atoms with Crippen molar-refractivity contribution in [1.29, 1.82) is 0 Å².